The summed E-state index contributed by atoms with van der Waals surface area (Å²) < 4.78 is 0. The Morgan fingerprint density at radius 1 is 1.09 bits per heavy atom. The van der Waals surface area contributed by atoms with E-state index in [1.165, 1.54) is 11.1 Å². The van der Waals surface area contributed by atoms with E-state index in [0.29, 0.717) is 23.3 Å². The quantitative estimate of drug-likeness (QED) is 0.435. The highest BCUT2D eigenvalue weighted by Gasteiger charge is 2.21. The Bertz CT molecular complexity index is 1300. The largest absolute Gasteiger partial charge is 0.378 e. The molecule has 1 aromatic carbocycles. The van der Waals surface area contributed by atoms with Crippen molar-refractivity contribution < 1.29 is 14.7 Å². The molecule has 0 radical (unpaired) electrons. The molecule has 162 valence electrons. The van der Waals surface area contributed by atoms with Crippen LogP contribution in [-0.4, -0.2) is 50.4 Å². The predicted octanol–water partition coefficient (Wildman–Crippen LogP) is 2.90. The number of aromatic amines is 1. The summed E-state index contributed by atoms with van der Waals surface area (Å²) >= 11 is 0. The van der Waals surface area contributed by atoms with E-state index < -0.39 is 12.0 Å². The molecule has 8 heteroatoms. The molecule has 0 saturated heterocycles. The van der Waals surface area contributed by atoms with Crippen LogP contribution >= 0.6 is 0 Å². The Hall–Kier alpha value is -4.04. The van der Waals surface area contributed by atoms with Gasteiger partial charge in [0.25, 0.3) is 5.91 Å². The van der Waals surface area contributed by atoms with Gasteiger partial charge in [-0.1, -0.05) is 12.1 Å². The minimum absolute atomic E-state index is 0.382. The standard InChI is InChI=1S/C24H23N5O3/c1-3-29(2)24(32)21(30)18-8-16(10-26-11-18)17-9-19-20(13-28-23(19)27-12-17)14-4-6-15(7-5-14)22(25)31/h4-13,21,30H,3H2,1-2H3,(H2,25,31)(H,27,28). The van der Waals surface area contributed by atoms with Gasteiger partial charge in [-0.15, -0.1) is 0 Å². The van der Waals surface area contributed by atoms with Crippen LogP contribution in [0.3, 0.4) is 0 Å². The Kier molecular flexibility index (Phi) is 5.70. The summed E-state index contributed by atoms with van der Waals surface area (Å²) in [6, 6.07) is 10.8. The summed E-state index contributed by atoms with van der Waals surface area (Å²) in [5.41, 5.74) is 10.3. The first kappa shape index (κ1) is 21.2. The number of carbonyl (C=O) groups excluding carboxylic acids is 2. The molecule has 8 nitrogen and oxygen atoms in total. The zero-order valence-electron chi connectivity index (χ0n) is 17.7. The minimum Gasteiger partial charge on any atom is -0.378 e. The minimum atomic E-state index is -1.28. The van der Waals surface area contributed by atoms with Gasteiger partial charge in [0, 0.05) is 71.6 Å². The Morgan fingerprint density at radius 2 is 1.81 bits per heavy atom. The van der Waals surface area contributed by atoms with Crippen molar-refractivity contribution in [1.82, 2.24) is 19.9 Å². The number of amides is 2. The molecular weight excluding hydrogens is 406 g/mol. The fraction of sp³-hybridized carbons (Fsp3) is 0.167. The fourth-order valence-corrected chi connectivity index (χ4v) is 3.49. The van der Waals surface area contributed by atoms with Crippen molar-refractivity contribution in [2.75, 3.05) is 13.6 Å². The van der Waals surface area contributed by atoms with Gasteiger partial charge in [0.05, 0.1) is 0 Å². The second-order valence-corrected chi connectivity index (χ2v) is 7.53. The van der Waals surface area contributed by atoms with Crippen LogP contribution in [0.25, 0.3) is 33.3 Å². The van der Waals surface area contributed by atoms with Crippen molar-refractivity contribution in [3.63, 3.8) is 0 Å². The number of rotatable bonds is 6. The van der Waals surface area contributed by atoms with Crippen LogP contribution in [0.5, 0.6) is 0 Å². The highest BCUT2D eigenvalue weighted by Crippen LogP contribution is 2.31. The average molecular weight is 429 g/mol. The number of H-pyrrole nitrogens is 1. The molecule has 0 aliphatic rings. The van der Waals surface area contributed by atoms with Gasteiger partial charge in [-0.2, -0.15) is 0 Å². The molecule has 0 spiro atoms. The molecule has 0 bridgehead atoms. The number of pyridine rings is 2. The Balaban J connectivity index is 1.71. The maximum Gasteiger partial charge on any atom is 0.255 e. The molecule has 0 aliphatic carbocycles. The first-order chi connectivity index (χ1) is 15.4. The van der Waals surface area contributed by atoms with Gasteiger partial charge in [-0.3, -0.25) is 14.6 Å². The molecular formula is C24H23N5O3. The van der Waals surface area contributed by atoms with Crippen molar-refractivity contribution >= 4 is 22.8 Å². The number of nitrogens with one attached hydrogen (secondary N) is 1. The van der Waals surface area contributed by atoms with Crippen LogP contribution in [-0.2, 0) is 4.79 Å². The van der Waals surface area contributed by atoms with Gasteiger partial charge in [-0.05, 0) is 36.8 Å². The van der Waals surface area contributed by atoms with Gasteiger partial charge in [0.15, 0.2) is 6.10 Å². The number of benzene rings is 1. The highest BCUT2D eigenvalue weighted by atomic mass is 16.3. The smallest absolute Gasteiger partial charge is 0.255 e. The number of nitrogens with two attached hydrogens (primary N) is 1. The third-order valence-electron chi connectivity index (χ3n) is 5.50. The maximum atomic E-state index is 12.3. The van der Waals surface area contributed by atoms with Crippen LogP contribution in [0.4, 0.5) is 0 Å². The first-order valence-corrected chi connectivity index (χ1v) is 10.1. The topological polar surface area (TPSA) is 125 Å². The lowest BCUT2D eigenvalue weighted by Gasteiger charge is -2.19. The molecule has 32 heavy (non-hydrogen) atoms. The van der Waals surface area contributed by atoms with Crippen molar-refractivity contribution in [3.8, 4) is 22.3 Å². The maximum absolute atomic E-state index is 12.3. The van der Waals surface area contributed by atoms with Crippen LogP contribution in [0.15, 0.2) is 61.2 Å². The number of nitrogens with zero attached hydrogens (tertiary/aromatic N) is 3. The second-order valence-electron chi connectivity index (χ2n) is 7.53. The molecule has 1 unspecified atom stereocenters. The van der Waals surface area contributed by atoms with E-state index in [1.54, 1.807) is 37.6 Å². The summed E-state index contributed by atoms with van der Waals surface area (Å²) in [7, 11) is 1.64. The third kappa shape index (κ3) is 3.95. The molecule has 4 rings (SSSR count). The number of carbonyl (C=O) groups is 2. The summed E-state index contributed by atoms with van der Waals surface area (Å²) in [5.74, 6) is -0.857. The lowest BCUT2D eigenvalue weighted by Crippen LogP contribution is -2.31. The van der Waals surface area contributed by atoms with Gasteiger partial charge in [0.1, 0.15) is 5.65 Å². The molecule has 0 aliphatic heterocycles. The molecule has 4 N–H and O–H groups in total. The SMILES string of the molecule is CCN(C)C(=O)C(O)c1cncc(-c2cnc3[nH]cc(-c4ccc(C(N)=O)cc4)c3c2)c1. The van der Waals surface area contributed by atoms with E-state index in [9.17, 15) is 14.7 Å². The molecule has 3 aromatic heterocycles. The van der Waals surface area contributed by atoms with Gasteiger partial charge < -0.3 is 20.7 Å². The van der Waals surface area contributed by atoms with E-state index in [0.717, 1.165) is 27.6 Å². The molecule has 3 heterocycles. The van der Waals surface area contributed by atoms with Gasteiger partial charge >= 0.3 is 0 Å². The van der Waals surface area contributed by atoms with Crippen molar-refractivity contribution in [1.29, 1.82) is 0 Å². The van der Waals surface area contributed by atoms with Gasteiger partial charge in [0.2, 0.25) is 5.91 Å². The molecule has 4 aromatic rings. The summed E-state index contributed by atoms with van der Waals surface area (Å²) in [4.78, 5) is 37.0. The van der Waals surface area contributed by atoms with E-state index in [1.807, 2.05) is 31.3 Å². The van der Waals surface area contributed by atoms with Crippen LogP contribution < -0.4 is 5.73 Å². The summed E-state index contributed by atoms with van der Waals surface area (Å²) in [6.07, 6.45) is 5.45. The molecule has 2 amide bonds. The number of primary amides is 1. The number of aromatic nitrogens is 3. The summed E-state index contributed by atoms with van der Waals surface area (Å²) in [5, 5.41) is 11.4. The number of aliphatic hydroxyl groups excluding tert-OH is 1. The number of hydrogen-bond acceptors (Lipinski definition) is 5. The zero-order chi connectivity index (χ0) is 22.8. The number of likely N-dealkylation sites (N-methyl/N-ethyl adjacent to an activating group) is 1. The van der Waals surface area contributed by atoms with E-state index in [-0.39, 0.29) is 5.91 Å². The normalized spacial score (nSPS) is 12.0. The van der Waals surface area contributed by atoms with Crippen LogP contribution in [0.1, 0.15) is 28.9 Å². The lowest BCUT2D eigenvalue weighted by molar-refractivity contribution is -0.138. The van der Waals surface area contributed by atoms with Crippen molar-refractivity contribution in [3.05, 3.63) is 72.3 Å². The monoisotopic (exact) mass is 429 g/mol. The fourth-order valence-electron chi connectivity index (χ4n) is 3.49. The number of fused-ring (bicyclic) bond motifs is 1. The first-order valence-electron chi connectivity index (χ1n) is 10.1. The average Bonchev–Trinajstić information content (AvgIpc) is 3.26. The highest BCUT2D eigenvalue weighted by molar-refractivity contribution is 5.97. The van der Waals surface area contributed by atoms with Crippen molar-refractivity contribution in [2.45, 2.75) is 13.0 Å². The van der Waals surface area contributed by atoms with Crippen LogP contribution in [0.2, 0.25) is 0 Å². The van der Waals surface area contributed by atoms with E-state index in [2.05, 4.69) is 15.0 Å². The van der Waals surface area contributed by atoms with Crippen molar-refractivity contribution in [2.24, 2.45) is 5.73 Å². The molecule has 0 saturated carbocycles. The predicted molar refractivity (Wildman–Crippen MR) is 122 cm³/mol. The molecule has 1 atom stereocenters. The zero-order valence-corrected chi connectivity index (χ0v) is 17.7. The molecule has 0 fully saturated rings. The second kappa shape index (κ2) is 8.60. The van der Waals surface area contributed by atoms with Crippen LogP contribution in [0, 0.1) is 0 Å². The van der Waals surface area contributed by atoms with E-state index >= 15 is 0 Å². The summed E-state index contributed by atoms with van der Waals surface area (Å²) in [6.45, 7) is 2.34. The Labute approximate surface area is 184 Å². The lowest BCUT2D eigenvalue weighted by atomic mass is 10.0. The number of aliphatic hydroxyl groups is 1. The number of hydrogen-bond donors (Lipinski definition) is 3. The Morgan fingerprint density at radius 3 is 2.50 bits per heavy atom. The third-order valence-corrected chi connectivity index (χ3v) is 5.50. The van der Waals surface area contributed by atoms with Gasteiger partial charge in [-0.25, -0.2) is 4.98 Å². The van der Waals surface area contributed by atoms with E-state index in [4.69, 9.17) is 5.73 Å².